The predicted molar refractivity (Wildman–Crippen MR) is 76.8 cm³/mol. The topological polar surface area (TPSA) is 139 Å². The molecule has 0 saturated heterocycles. The SMILES string of the molecule is NS(=O)(=O)c1ccc(C(=O)OCCSCCON(O)O)cc1. The molecular formula is C11H16N2O7S2. The van der Waals surface area contributed by atoms with Crippen molar-refractivity contribution in [2.75, 3.05) is 24.7 Å². The van der Waals surface area contributed by atoms with Crippen LogP contribution in [0.15, 0.2) is 29.2 Å². The van der Waals surface area contributed by atoms with Crippen LogP contribution in [0.5, 0.6) is 0 Å². The first kappa shape index (κ1) is 18.8. The summed E-state index contributed by atoms with van der Waals surface area (Å²) in [6, 6.07) is 5.10. The molecule has 0 unspecified atom stereocenters. The van der Waals surface area contributed by atoms with Gasteiger partial charge in [0.05, 0.1) is 22.5 Å². The molecule has 0 bridgehead atoms. The number of primary sulfonamides is 1. The highest BCUT2D eigenvalue weighted by molar-refractivity contribution is 7.99. The molecule has 0 radical (unpaired) electrons. The molecule has 0 atom stereocenters. The molecule has 0 aliphatic carbocycles. The summed E-state index contributed by atoms with van der Waals surface area (Å²) >= 11 is 1.39. The lowest BCUT2D eigenvalue weighted by atomic mass is 10.2. The third kappa shape index (κ3) is 7.17. The molecule has 124 valence electrons. The number of thioether (sulfide) groups is 1. The lowest BCUT2D eigenvalue weighted by Crippen LogP contribution is -2.16. The molecule has 0 spiro atoms. The van der Waals surface area contributed by atoms with E-state index in [9.17, 15) is 13.2 Å². The summed E-state index contributed by atoms with van der Waals surface area (Å²) in [5.74, 6) is 0.411. The zero-order valence-electron chi connectivity index (χ0n) is 11.4. The van der Waals surface area contributed by atoms with Gasteiger partial charge in [0.1, 0.15) is 6.61 Å². The summed E-state index contributed by atoms with van der Waals surface area (Å²) in [4.78, 5) is 15.9. The first-order valence-corrected chi connectivity index (χ1v) is 8.69. The monoisotopic (exact) mass is 352 g/mol. The standard InChI is InChI=1S/C11H16N2O7S2/c12-22(17,18)10-3-1-9(2-4-10)11(14)19-5-7-21-8-6-20-13(15)16/h1-4,15-16H,5-8H2,(H2,12,17,18). The molecule has 0 amide bonds. The van der Waals surface area contributed by atoms with Gasteiger partial charge in [-0.1, -0.05) is 0 Å². The number of nitrogens with zero attached hydrogens (tertiary/aromatic N) is 1. The maximum atomic E-state index is 11.7. The molecule has 22 heavy (non-hydrogen) atoms. The highest BCUT2D eigenvalue weighted by Crippen LogP contribution is 2.10. The average Bonchev–Trinajstić information content (AvgIpc) is 2.45. The maximum absolute atomic E-state index is 11.7. The Morgan fingerprint density at radius 3 is 2.32 bits per heavy atom. The molecule has 0 aliphatic heterocycles. The fourth-order valence-electron chi connectivity index (χ4n) is 1.34. The molecule has 1 aromatic rings. The van der Waals surface area contributed by atoms with Crippen molar-refractivity contribution in [2.45, 2.75) is 4.90 Å². The Morgan fingerprint density at radius 1 is 1.18 bits per heavy atom. The molecule has 0 heterocycles. The lowest BCUT2D eigenvalue weighted by Gasteiger charge is -2.07. The fraction of sp³-hybridized carbons (Fsp3) is 0.364. The number of carbonyl (C=O) groups is 1. The van der Waals surface area contributed by atoms with E-state index < -0.39 is 16.0 Å². The Kier molecular flexibility index (Phi) is 7.75. The van der Waals surface area contributed by atoms with E-state index in [2.05, 4.69) is 4.84 Å². The van der Waals surface area contributed by atoms with Gasteiger partial charge in [-0.15, -0.1) is 0 Å². The van der Waals surface area contributed by atoms with Crippen molar-refractivity contribution in [3.63, 3.8) is 0 Å². The molecule has 1 aromatic carbocycles. The van der Waals surface area contributed by atoms with E-state index in [0.29, 0.717) is 11.5 Å². The van der Waals surface area contributed by atoms with Crippen LogP contribution in [0.3, 0.4) is 0 Å². The van der Waals surface area contributed by atoms with Crippen LogP contribution in [0, 0.1) is 0 Å². The van der Waals surface area contributed by atoms with Crippen molar-refractivity contribution in [1.82, 2.24) is 5.39 Å². The molecule has 11 heteroatoms. The summed E-state index contributed by atoms with van der Waals surface area (Å²) in [6.07, 6.45) is 0. The Labute approximate surface area is 131 Å². The second-order valence-corrected chi connectivity index (χ2v) is 6.69. The van der Waals surface area contributed by atoms with Crippen LogP contribution in [-0.2, 0) is 19.6 Å². The molecular weight excluding hydrogens is 336 g/mol. The zero-order chi connectivity index (χ0) is 16.6. The Balaban J connectivity index is 2.28. The second kappa shape index (κ2) is 9.05. The van der Waals surface area contributed by atoms with E-state index in [0.717, 1.165) is 0 Å². The van der Waals surface area contributed by atoms with E-state index in [4.69, 9.17) is 20.3 Å². The van der Waals surface area contributed by atoms with E-state index in [1.807, 2.05) is 0 Å². The van der Waals surface area contributed by atoms with Crippen molar-refractivity contribution in [3.05, 3.63) is 29.8 Å². The second-order valence-electron chi connectivity index (χ2n) is 3.90. The van der Waals surface area contributed by atoms with E-state index in [1.54, 1.807) is 0 Å². The van der Waals surface area contributed by atoms with Gasteiger partial charge in [-0.05, 0) is 24.3 Å². The number of benzene rings is 1. The third-order valence-corrected chi connectivity index (χ3v) is 4.15. The van der Waals surface area contributed by atoms with Crippen LogP contribution in [-0.4, -0.2) is 54.9 Å². The van der Waals surface area contributed by atoms with E-state index >= 15 is 0 Å². The number of nitrogens with two attached hydrogens (primary N) is 1. The Morgan fingerprint density at radius 2 is 1.77 bits per heavy atom. The smallest absolute Gasteiger partial charge is 0.338 e. The minimum absolute atomic E-state index is 0.0820. The first-order valence-electron chi connectivity index (χ1n) is 5.99. The molecule has 0 fully saturated rings. The molecule has 4 N–H and O–H groups in total. The lowest BCUT2D eigenvalue weighted by molar-refractivity contribution is -0.490. The number of ether oxygens (including phenoxy) is 1. The average molecular weight is 352 g/mol. The van der Waals surface area contributed by atoms with Crippen molar-refractivity contribution < 1.29 is 33.2 Å². The summed E-state index contributed by atoms with van der Waals surface area (Å²) in [5, 5.41) is 21.1. The van der Waals surface area contributed by atoms with Gasteiger partial charge in [-0.3, -0.25) is 10.4 Å². The summed E-state index contributed by atoms with van der Waals surface area (Å²) in [6.45, 7) is 0.253. The summed E-state index contributed by atoms with van der Waals surface area (Å²) < 4.78 is 27.1. The van der Waals surface area contributed by atoms with Gasteiger partial charge >= 0.3 is 5.97 Å². The molecule has 1 rings (SSSR count). The van der Waals surface area contributed by atoms with Crippen LogP contribution in [0.2, 0.25) is 0 Å². The minimum atomic E-state index is -3.79. The fourth-order valence-corrected chi connectivity index (χ4v) is 2.45. The van der Waals surface area contributed by atoms with Gasteiger partial charge in [0.2, 0.25) is 10.0 Å². The van der Waals surface area contributed by atoms with Crippen molar-refractivity contribution >= 4 is 27.8 Å². The summed E-state index contributed by atoms with van der Waals surface area (Å²) in [7, 11) is -3.79. The Bertz CT molecular complexity index is 575. The highest BCUT2D eigenvalue weighted by atomic mass is 32.2. The molecule has 0 aliphatic rings. The van der Waals surface area contributed by atoms with Crippen molar-refractivity contribution in [2.24, 2.45) is 5.14 Å². The first-order chi connectivity index (χ1) is 10.3. The van der Waals surface area contributed by atoms with E-state index in [1.165, 1.54) is 36.0 Å². The number of rotatable bonds is 9. The van der Waals surface area contributed by atoms with Crippen molar-refractivity contribution in [3.8, 4) is 0 Å². The van der Waals surface area contributed by atoms with Crippen LogP contribution >= 0.6 is 11.8 Å². The number of hydrogen-bond acceptors (Lipinski definition) is 9. The number of hydrogen-bond donors (Lipinski definition) is 3. The predicted octanol–water partition coefficient (Wildman–Crippen LogP) is 0.236. The minimum Gasteiger partial charge on any atom is -0.461 e. The number of carbonyl (C=O) groups excluding carboxylic acids is 1. The molecule has 0 saturated carbocycles. The van der Waals surface area contributed by atoms with Gasteiger partial charge < -0.3 is 4.74 Å². The van der Waals surface area contributed by atoms with Gasteiger partial charge in [0.25, 0.3) is 0 Å². The van der Waals surface area contributed by atoms with Gasteiger partial charge in [-0.2, -0.15) is 11.8 Å². The largest absolute Gasteiger partial charge is 0.461 e. The normalized spacial score (nSPS) is 11.6. The quantitative estimate of drug-likeness (QED) is 0.324. The number of sulfonamides is 1. The summed E-state index contributed by atoms with van der Waals surface area (Å²) in [5.41, 5.74) is 0.219. The zero-order valence-corrected chi connectivity index (χ0v) is 13.0. The van der Waals surface area contributed by atoms with Crippen molar-refractivity contribution in [1.29, 1.82) is 0 Å². The van der Waals surface area contributed by atoms with Crippen LogP contribution in [0.1, 0.15) is 10.4 Å². The van der Waals surface area contributed by atoms with Crippen LogP contribution in [0.4, 0.5) is 0 Å². The molecule has 0 aromatic heterocycles. The maximum Gasteiger partial charge on any atom is 0.338 e. The number of esters is 1. The van der Waals surface area contributed by atoms with Crippen LogP contribution in [0.25, 0.3) is 0 Å². The van der Waals surface area contributed by atoms with E-state index in [-0.39, 0.29) is 29.1 Å². The highest BCUT2D eigenvalue weighted by Gasteiger charge is 2.11. The third-order valence-electron chi connectivity index (χ3n) is 2.31. The van der Waals surface area contributed by atoms with Crippen LogP contribution < -0.4 is 5.14 Å². The molecule has 9 nitrogen and oxygen atoms in total. The van der Waals surface area contributed by atoms with Gasteiger partial charge in [0.15, 0.2) is 0 Å². The van der Waals surface area contributed by atoms with Gasteiger partial charge in [-0.25, -0.2) is 23.2 Å². The van der Waals surface area contributed by atoms with Gasteiger partial charge in [0, 0.05) is 11.5 Å². The Hall–Kier alpha value is -1.21.